The summed E-state index contributed by atoms with van der Waals surface area (Å²) in [5.41, 5.74) is 0.990. The van der Waals surface area contributed by atoms with Gasteiger partial charge in [0.2, 0.25) is 0 Å². The van der Waals surface area contributed by atoms with Crippen LogP contribution in [0.15, 0.2) is 12.1 Å². The van der Waals surface area contributed by atoms with E-state index in [1.165, 1.54) is 0 Å². The predicted molar refractivity (Wildman–Crippen MR) is 61.9 cm³/mol. The smallest absolute Gasteiger partial charge is 0.162 e. The van der Waals surface area contributed by atoms with Crippen LogP contribution in [-0.2, 0) is 0 Å². The maximum absolute atomic E-state index is 6.07. The average Bonchev–Trinajstić information content (AvgIpc) is 2.16. The molecule has 0 unspecified atom stereocenters. The van der Waals surface area contributed by atoms with Crippen LogP contribution in [-0.4, -0.2) is 14.2 Å². The van der Waals surface area contributed by atoms with Crippen molar-refractivity contribution in [2.75, 3.05) is 14.2 Å². The molecule has 0 aliphatic carbocycles. The quantitative estimate of drug-likeness (QED) is 0.783. The summed E-state index contributed by atoms with van der Waals surface area (Å²) >= 11 is 9.53. The molecule has 2 nitrogen and oxygen atoms in total. The van der Waals surface area contributed by atoms with E-state index >= 15 is 0 Å². The first-order chi connectivity index (χ1) is 6.60. The monoisotopic (exact) mass is 278 g/mol. The molecule has 0 aromatic heterocycles. The number of ether oxygens (including phenoxy) is 2. The molecule has 0 saturated heterocycles. The zero-order valence-electron chi connectivity index (χ0n) is 8.30. The van der Waals surface area contributed by atoms with Gasteiger partial charge in [0, 0.05) is 15.9 Å². The first-order valence-corrected chi connectivity index (χ1v) is 5.45. The number of halogens is 2. The molecule has 1 rings (SSSR count). The van der Waals surface area contributed by atoms with Gasteiger partial charge in [0.05, 0.1) is 14.2 Å². The molecule has 1 aromatic carbocycles. The molecule has 0 fully saturated rings. The fraction of sp³-hybridized carbons (Fsp3) is 0.400. The standard InChI is InChI=1S/C10H12BrClO2/c1-6(11)7-4-9(13-2)10(14-3)5-8(7)12/h4-6H,1-3H3/t6-/m1/s1. The molecule has 0 bridgehead atoms. The van der Waals surface area contributed by atoms with E-state index < -0.39 is 0 Å². The minimum Gasteiger partial charge on any atom is -0.493 e. The topological polar surface area (TPSA) is 18.5 Å². The van der Waals surface area contributed by atoms with Gasteiger partial charge in [0.15, 0.2) is 11.5 Å². The van der Waals surface area contributed by atoms with Gasteiger partial charge < -0.3 is 9.47 Å². The molecule has 14 heavy (non-hydrogen) atoms. The highest BCUT2D eigenvalue weighted by molar-refractivity contribution is 9.09. The molecule has 0 radical (unpaired) electrons. The minimum atomic E-state index is 0.190. The highest BCUT2D eigenvalue weighted by atomic mass is 79.9. The summed E-state index contributed by atoms with van der Waals surface area (Å²) in [4.78, 5) is 0.190. The average molecular weight is 280 g/mol. The summed E-state index contributed by atoms with van der Waals surface area (Å²) < 4.78 is 10.3. The van der Waals surface area contributed by atoms with Crippen molar-refractivity contribution in [1.82, 2.24) is 0 Å². The fourth-order valence-electron chi connectivity index (χ4n) is 1.17. The first kappa shape index (κ1) is 11.7. The highest BCUT2D eigenvalue weighted by Crippen LogP contribution is 2.37. The molecule has 0 N–H and O–H groups in total. The Morgan fingerprint density at radius 2 is 1.71 bits per heavy atom. The van der Waals surface area contributed by atoms with Gasteiger partial charge in [-0.15, -0.1) is 0 Å². The van der Waals surface area contributed by atoms with Crippen LogP contribution in [0.5, 0.6) is 11.5 Å². The van der Waals surface area contributed by atoms with E-state index in [1.54, 1.807) is 20.3 Å². The van der Waals surface area contributed by atoms with E-state index in [9.17, 15) is 0 Å². The van der Waals surface area contributed by atoms with Crippen LogP contribution in [0.2, 0.25) is 5.02 Å². The van der Waals surface area contributed by atoms with Crippen molar-refractivity contribution in [3.63, 3.8) is 0 Å². The van der Waals surface area contributed by atoms with Crippen molar-refractivity contribution >= 4 is 27.5 Å². The zero-order valence-corrected chi connectivity index (χ0v) is 10.6. The lowest BCUT2D eigenvalue weighted by Gasteiger charge is -2.12. The Kier molecular flexibility index (Phi) is 4.08. The summed E-state index contributed by atoms with van der Waals surface area (Å²) in [6.45, 7) is 2.01. The molecular weight excluding hydrogens is 267 g/mol. The van der Waals surface area contributed by atoms with Crippen molar-refractivity contribution in [3.8, 4) is 11.5 Å². The van der Waals surface area contributed by atoms with Crippen molar-refractivity contribution in [1.29, 1.82) is 0 Å². The lowest BCUT2D eigenvalue weighted by atomic mass is 10.1. The third kappa shape index (κ3) is 2.34. The van der Waals surface area contributed by atoms with E-state index in [4.69, 9.17) is 21.1 Å². The Balaban J connectivity index is 3.23. The van der Waals surface area contributed by atoms with Gasteiger partial charge in [0.1, 0.15) is 0 Å². The van der Waals surface area contributed by atoms with E-state index in [2.05, 4.69) is 15.9 Å². The number of hydrogen-bond acceptors (Lipinski definition) is 2. The van der Waals surface area contributed by atoms with Crippen LogP contribution in [0, 0.1) is 0 Å². The molecule has 0 aliphatic heterocycles. The molecule has 0 aliphatic rings. The zero-order chi connectivity index (χ0) is 10.7. The summed E-state index contributed by atoms with van der Waals surface area (Å²) in [5.74, 6) is 1.34. The molecule has 1 aromatic rings. The van der Waals surface area contributed by atoms with Gasteiger partial charge in [-0.1, -0.05) is 27.5 Å². The van der Waals surface area contributed by atoms with Gasteiger partial charge >= 0.3 is 0 Å². The SMILES string of the molecule is COc1cc(Cl)c([C@@H](C)Br)cc1OC. The van der Waals surface area contributed by atoms with Gasteiger partial charge in [-0.3, -0.25) is 0 Å². The van der Waals surface area contributed by atoms with E-state index in [0.29, 0.717) is 16.5 Å². The van der Waals surface area contributed by atoms with Crippen LogP contribution < -0.4 is 9.47 Å². The minimum absolute atomic E-state index is 0.190. The largest absolute Gasteiger partial charge is 0.493 e. The third-order valence-corrected chi connectivity index (χ3v) is 2.75. The summed E-state index contributed by atoms with van der Waals surface area (Å²) in [5, 5.41) is 0.673. The molecule has 0 saturated carbocycles. The fourth-order valence-corrected chi connectivity index (χ4v) is 2.00. The Hall–Kier alpha value is -0.410. The third-order valence-electron chi connectivity index (χ3n) is 1.93. The van der Waals surface area contributed by atoms with Gasteiger partial charge in [-0.25, -0.2) is 0 Å². The molecule has 0 amide bonds. The van der Waals surface area contributed by atoms with Crippen molar-refractivity contribution in [2.45, 2.75) is 11.8 Å². The van der Waals surface area contributed by atoms with Crippen LogP contribution in [0.3, 0.4) is 0 Å². The van der Waals surface area contributed by atoms with Crippen molar-refractivity contribution < 1.29 is 9.47 Å². The number of rotatable bonds is 3. The normalized spacial score (nSPS) is 12.4. The van der Waals surface area contributed by atoms with Gasteiger partial charge in [-0.2, -0.15) is 0 Å². The van der Waals surface area contributed by atoms with Gasteiger partial charge in [-0.05, 0) is 18.6 Å². The maximum atomic E-state index is 6.07. The summed E-state index contributed by atoms with van der Waals surface area (Å²) in [7, 11) is 3.19. The van der Waals surface area contributed by atoms with Gasteiger partial charge in [0.25, 0.3) is 0 Å². The summed E-state index contributed by atoms with van der Waals surface area (Å²) in [6, 6.07) is 3.63. The molecular formula is C10H12BrClO2. The molecule has 78 valence electrons. The second-order valence-corrected chi connectivity index (χ2v) is 4.63. The van der Waals surface area contributed by atoms with Crippen LogP contribution in [0.25, 0.3) is 0 Å². The second kappa shape index (κ2) is 4.89. The second-order valence-electron chi connectivity index (χ2n) is 2.84. The van der Waals surface area contributed by atoms with E-state index in [-0.39, 0.29) is 4.83 Å². The maximum Gasteiger partial charge on any atom is 0.162 e. The van der Waals surface area contributed by atoms with Crippen LogP contribution >= 0.6 is 27.5 Å². The lowest BCUT2D eigenvalue weighted by Crippen LogP contribution is -1.94. The number of alkyl halides is 1. The Labute approximate surface area is 97.3 Å². The number of hydrogen-bond donors (Lipinski definition) is 0. The Morgan fingerprint density at radius 1 is 1.21 bits per heavy atom. The predicted octanol–water partition coefficient (Wildman–Crippen LogP) is 3.81. The Bertz CT molecular complexity index is 326. The van der Waals surface area contributed by atoms with E-state index in [1.807, 2.05) is 13.0 Å². The highest BCUT2D eigenvalue weighted by Gasteiger charge is 2.12. The van der Waals surface area contributed by atoms with Crippen molar-refractivity contribution in [3.05, 3.63) is 22.7 Å². The number of benzene rings is 1. The van der Waals surface area contributed by atoms with Crippen LogP contribution in [0.1, 0.15) is 17.3 Å². The number of methoxy groups -OCH3 is 2. The lowest BCUT2D eigenvalue weighted by molar-refractivity contribution is 0.354. The van der Waals surface area contributed by atoms with Crippen LogP contribution in [0.4, 0.5) is 0 Å². The molecule has 4 heteroatoms. The molecule has 0 spiro atoms. The Morgan fingerprint density at radius 3 is 2.14 bits per heavy atom. The van der Waals surface area contributed by atoms with E-state index in [0.717, 1.165) is 5.56 Å². The summed E-state index contributed by atoms with van der Waals surface area (Å²) in [6.07, 6.45) is 0. The van der Waals surface area contributed by atoms with Crippen molar-refractivity contribution in [2.24, 2.45) is 0 Å². The molecule has 0 heterocycles. The first-order valence-electron chi connectivity index (χ1n) is 4.15. The molecule has 1 atom stereocenters.